The van der Waals surface area contributed by atoms with Gasteiger partial charge in [0.05, 0.1) is 32.3 Å². The van der Waals surface area contributed by atoms with Gasteiger partial charge < -0.3 is 5.73 Å². The molecule has 0 aliphatic heterocycles. The van der Waals surface area contributed by atoms with Crippen LogP contribution in [0.3, 0.4) is 0 Å². The van der Waals surface area contributed by atoms with Crippen LogP contribution in [0.25, 0.3) is 16.0 Å². The van der Waals surface area contributed by atoms with Gasteiger partial charge in [-0.05, 0) is 45.1 Å². The van der Waals surface area contributed by atoms with Crippen molar-refractivity contribution in [2.75, 3.05) is 5.73 Å². The van der Waals surface area contributed by atoms with Crippen LogP contribution in [-0.2, 0) is 0 Å². The van der Waals surface area contributed by atoms with Gasteiger partial charge >= 0.3 is 0 Å². The Morgan fingerprint density at radius 1 is 0.426 bits per heavy atom. The second kappa shape index (κ2) is 24.6. The molecule has 0 amide bonds. The fourth-order valence-electron chi connectivity index (χ4n) is 14.2. The lowest BCUT2D eigenvalue weighted by molar-refractivity contribution is 0.824. The van der Waals surface area contributed by atoms with Gasteiger partial charge in [0.25, 0.3) is 0 Å². The zero-order valence-electron chi connectivity index (χ0n) is 42.5. The molecule has 1 aliphatic rings. The quantitative estimate of drug-likeness (QED) is 0.0545. The molecule has 0 radical (unpaired) electrons. The summed E-state index contributed by atoms with van der Waals surface area (Å²) in [4.78, 5) is 0. The largest absolute Gasteiger partial charge is 0.398 e. The molecule has 1 nitrogen and oxygen atoms in total. The molecule has 0 spiro atoms. The van der Waals surface area contributed by atoms with Gasteiger partial charge in [0.15, 0.2) is 0 Å². The molecule has 3 aromatic rings. The van der Waals surface area contributed by atoms with Gasteiger partial charge in [0.2, 0.25) is 0 Å². The summed E-state index contributed by atoms with van der Waals surface area (Å²) < 4.78 is 0. The number of rotatable bonds is 29. The summed E-state index contributed by atoms with van der Waals surface area (Å²) in [6, 6.07) is 36.0. The highest BCUT2D eigenvalue weighted by molar-refractivity contribution is 6.97. The number of benzene rings is 3. The van der Waals surface area contributed by atoms with E-state index < -0.39 is 32.3 Å². The Hall–Kier alpha value is -1.67. The van der Waals surface area contributed by atoms with Crippen molar-refractivity contribution in [2.45, 2.75) is 245 Å². The number of fused-ring (bicyclic) bond motifs is 2. The van der Waals surface area contributed by atoms with Crippen LogP contribution >= 0.6 is 0 Å². The zero-order chi connectivity index (χ0) is 44.7. The highest BCUT2D eigenvalue weighted by Crippen LogP contribution is 2.49. The van der Waals surface area contributed by atoms with E-state index in [1.165, 1.54) is 161 Å². The molecule has 1 atom stereocenters. The van der Waals surface area contributed by atoms with Crippen molar-refractivity contribution < 1.29 is 0 Å². The minimum absolute atomic E-state index is 0.301. The Morgan fingerprint density at radius 2 is 0.803 bits per heavy atom. The molecular weight excluding hydrogens is 799 g/mol. The smallest absolute Gasteiger partial charge is 0.0876 e. The molecule has 0 unspecified atom stereocenters. The molecule has 0 bridgehead atoms. The first-order chi connectivity index (χ1) is 29.5. The summed E-state index contributed by atoms with van der Waals surface area (Å²) >= 11 is 0. The van der Waals surface area contributed by atoms with Crippen LogP contribution in [0, 0.1) is 0 Å². The Balaban J connectivity index is 2.19. The van der Waals surface area contributed by atoms with Crippen molar-refractivity contribution in [3.05, 3.63) is 65.2 Å². The van der Waals surface area contributed by atoms with Gasteiger partial charge in [-0.1, -0.05) is 291 Å². The van der Waals surface area contributed by atoms with Crippen LogP contribution in [0.2, 0.25) is 72.5 Å². The number of allylic oxidation sites excluding steroid dienone is 1. The lowest BCUT2D eigenvalue weighted by atomic mass is 9.79. The first kappa shape index (κ1) is 52.0. The van der Waals surface area contributed by atoms with Gasteiger partial charge in [-0.25, -0.2) is 0 Å². The van der Waals surface area contributed by atoms with E-state index in [-0.39, 0.29) is 0 Å². The van der Waals surface area contributed by atoms with Crippen molar-refractivity contribution in [1.82, 2.24) is 0 Å². The number of nitrogens with two attached hydrogens (primary N) is 1. The maximum Gasteiger partial charge on any atom is 0.0876 e. The van der Waals surface area contributed by atoms with Gasteiger partial charge in [-0.2, -0.15) is 0 Å². The monoisotopic (exact) mass is 896 g/mol. The average molecular weight is 897 g/mol. The van der Waals surface area contributed by atoms with Crippen molar-refractivity contribution in [3.8, 4) is 0 Å². The minimum atomic E-state index is -1.83. The molecule has 342 valence electrons. The molecule has 0 heterocycles. The van der Waals surface area contributed by atoms with Crippen LogP contribution in [0.1, 0.15) is 189 Å². The fraction of sp³-hybridized carbons (Fsp3) is 0.679. The SMILES string of the molecule is CCC[Si](CCC)(CCC)C1=CC[C@@H](c2c(N)cc([Si](CCC)(CCC)CCC)c3cc([Si](CCC)(CCC)CCC)ccc23)c2ccc([Si](CCC)(CCC)CCC)cc21. The van der Waals surface area contributed by atoms with E-state index in [2.05, 4.69) is 132 Å². The highest BCUT2D eigenvalue weighted by atomic mass is 28.3. The number of nitrogen functional groups attached to an aromatic ring is 1. The number of hydrogen-bond donors (Lipinski definition) is 1. The molecule has 0 fully saturated rings. The molecule has 1 aliphatic carbocycles. The third kappa shape index (κ3) is 11.1. The molecule has 4 rings (SSSR count). The van der Waals surface area contributed by atoms with Crippen LogP contribution < -0.4 is 21.3 Å². The maximum absolute atomic E-state index is 7.73. The molecule has 0 saturated heterocycles. The summed E-state index contributed by atoms with van der Waals surface area (Å²) in [5.41, 5.74) is 13.6. The van der Waals surface area contributed by atoms with Gasteiger partial charge in [0.1, 0.15) is 0 Å². The van der Waals surface area contributed by atoms with Crippen molar-refractivity contribution in [1.29, 1.82) is 0 Å². The average Bonchev–Trinajstić information content (AvgIpc) is 3.24. The van der Waals surface area contributed by atoms with Crippen molar-refractivity contribution >= 4 is 69.5 Å². The van der Waals surface area contributed by atoms with Crippen LogP contribution in [0.15, 0.2) is 48.5 Å². The van der Waals surface area contributed by atoms with Crippen LogP contribution in [0.5, 0.6) is 0 Å². The molecule has 2 N–H and O–H groups in total. The Labute approximate surface area is 383 Å². The molecule has 0 saturated carbocycles. The lowest BCUT2D eigenvalue weighted by Gasteiger charge is -2.41. The zero-order valence-corrected chi connectivity index (χ0v) is 46.5. The third-order valence-electron chi connectivity index (χ3n) is 15.9. The summed E-state index contributed by atoms with van der Waals surface area (Å²) in [5, 5.41) is 10.2. The second-order valence-electron chi connectivity index (χ2n) is 20.5. The minimum Gasteiger partial charge on any atom is -0.398 e. The molecule has 5 heteroatoms. The highest BCUT2D eigenvalue weighted by Gasteiger charge is 2.42. The second-order valence-corrected chi connectivity index (χ2v) is 39.0. The number of hydrogen-bond acceptors (Lipinski definition) is 1. The third-order valence-corrected chi connectivity index (χ3v) is 39.7. The van der Waals surface area contributed by atoms with Gasteiger partial charge in [0, 0.05) is 11.6 Å². The lowest BCUT2D eigenvalue weighted by Crippen LogP contribution is -2.50. The maximum atomic E-state index is 7.73. The summed E-state index contributed by atoms with van der Waals surface area (Å²) in [7, 11) is -6.90. The standard InChI is InChI=1S/C56H97NSi4/c1-13-31-58(32-14-2,33-15-3)46-25-27-48-49(29-30-54(51(48)43-46)60(37-19-7,38-20-8)39-21-9)56-50-28-26-47(59(34-16-4,35-17-5)36-18-6)44-52(50)55(45-53(56)57)61(40-22-10,41-23-11)42-24-12/h25-28,30,43-45,49H,13-24,29,31-42,57H2,1-12H3/t49-/m1/s1. The normalized spacial score (nSPS) is 15.1. The summed E-state index contributed by atoms with van der Waals surface area (Å²) in [6.45, 7) is 29.5. The van der Waals surface area contributed by atoms with E-state index in [1.807, 2.05) is 5.20 Å². The van der Waals surface area contributed by atoms with E-state index in [9.17, 15) is 0 Å². The molecule has 0 aromatic heterocycles. The molecule has 61 heavy (non-hydrogen) atoms. The topological polar surface area (TPSA) is 26.0 Å². The van der Waals surface area contributed by atoms with E-state index in [1.54, 1.807) is 32.1 Å². The summed E-state index contributed by atoms with van der Waals surface area (Å²) in [5.74, 6) is 0.301. The van der Waals surface area contributed by atoms with E-state index >= 15 is 0 Å². The first-order valence-corrected chi connectivity index (χ1v) is 37.2. The van der Waals surface area contributed by atoms with E-state index in [0.29, 0.717) is 5.92 Å². The predicted molar refractivity (Wildman–Crippen MR) is 292 cm³/mol. The fourth-order valence-corrected chi connectivity index (χ4v) is 36.4. The first-order valence-electron chi connectivity index (χ1n) is 26.8. The number of anilines is 1. The van der Waals surface area contributed by atoms with Crippen LogP contribution in [-0.4, -0.2) is 32.3 Å². The summed E-state index contributed by atoms with van der Waals surface area (Å²) in [6.07, 6.45) is 19.5. The Bertz CT molecular complexity index is 1760. The Morgan fingerprint density at radius 3 is 1.23 bits per heavy atom. The van der Waals surface area contributed by atoms with Crippen molar-refractivity contribution in [2.24, 2.45) is 0 Å². The molecular formula is C56H97NSi4. The van der Waals surface area contributed by atoms with Gasteiger partial charge in [-0.15, -0.1) is 0 Å². The Kier molecular flexibility index (Phi) is 20.9. The van der Waals surface area contributed by atoms with Crippen molar-refractivity contribution in [3.63, 3.8) is 0 Å². The molecule has 3 aromatic carbocycles. The predicted octanol–water partition coefficient (Wildman–Crippen LogP) is 17.2. The van der Waals surface area contributed by atoms with Gasteiger partial charge in [-0.3, -0.25) is 0 Å². The van der Waals surface area contributed by atoms with E-state index in [0.717, 1.165) is 12.1 Å². The van der Waals surface area contributed by atoms with Crippen LogP contribution in [0.4, 0.5) is 5.69 Å². The van der Waals surface area contributed by atoms with E-state index in [4.69, 9.17) is 5.73 Å².